The van der Waals surface area contributed by atoms with Crippen LogP contribution in [0.3, 0.4) is 0 Å². The van der Waals surface area contributed by atoms with E-state index in [0.29, 0.717) is 12.0 Å². The van der Waals surface area contributed by atoms with Crippen molar-refractivity contribution in [1.29, 1.82) is 0 Å². The number of hydrogen-bond donors (Lipinski definition) is 0. The fraction of sp³-hybridized carbons (Fsp3) is 1.00. The van der Waals surface area contributed by atoms with E-state index >= 15 is 0 Å². The van der Waals surface area contributed by atoms with E-state index in [2.05, 4.69) is 20.8 Å². The number of methoxy groups -OCH3 is 1. The van der Waals surface area contributed by atoms with Crippen molar-refractivity contribution in [3.05, 3.63) is 0 Å². The molecule has 0 N–H and O–H groups in total. The van der Waals surface area contributed by atoms with Crippen molar-refractivity contribution in [1.82, 2.24) is 0 Å². The van der Waals surface area contributed by atoms with Gasteiger partial charge in [-0.3, -0.25) is 0 Å². The quantitative estimate of drug-likeness (QED) is 0.592. The minimum atomic E-state index is 0.347. The van der Waals surface area contributed by atoms with Crippen molar-refractivity contribution in [3.8, 4) is 0 Å². The van der Waals surface area contributed by atoms with Crippen LogP contribution in [0, 0.1) is 5.92 Å². The molecule has 11 heavy (non-hydrogen) atoms. The highest BCUT2D eigenvalue weighted by molar-refractivity contribution is 4.51. The fourth-order valence-corrected chi connectivity index (χ4v) is 0.759. The van der Waals surface area contributed by atoms with Gasteiger partial charge in [0.25, 0.3) is 0 Å². The Kier molecular flexibility index (Phi) is 6.57. The summed E-state index contributed by atoms with van der Waals surface area (Å²) in [4.78, 5) is 0. The number of rotatable bonds is 6. The summed E-state index contributed by atoms with van der Waals surface area (Å²) in [6, 6.07) is 0. The van der Waals surface area contributed by atoms with Gasteiger partial charge in [0, 0.05) is 20.3 Å². The lowest BCUT2D eigenvalue weighted by molar-refractivity contribution is 0.0460. The van der Waals surface area contributed by atoms with Gasteiger partial charge >= 0.3 is 0 Å². The molecule has 0 aliphatic heterocycles. The number of hydrogen-bond acceptors (Lipinski definition) is 2. The lowest BCUT2D eigenvalue weighted by atomic mass is 10.1. The molecule has 2 nitrogen and oxygen atoms in total. The Bertz CT molecular complexity index is 81.6. The van der Waals surface area contributed by atoms with Crippen LogP contribution < -0.4 is 0 Å². The standard InChI is InChI=1S/C9H20O2/c1-8(2)11-7-9(3)5-6-10-4/h8-9H,5-7H2,1-4H3. The summed E-state index contributed by atoms with van der Waals surface area (Å²) in [7, 11) is 1.73. The second-order valence-corrected chi connectivity index (χ2v) is 3.27. The van der Waals surface area contributed by atoms with Gasteiger partial charge in [0.1, 0.15) is 0 Å². The van der Waals surface area contributed by atoms with Crippen LogP contribution in [0.5, 0.6) is 0 Å². The van der Waals surface area contributed by atoms with Crippen molar-refractivity contribution in [2.75, 3.05) is 20.3 Å². The molecule has 0 aliphatic carbocycles. The molecule has 0 spiro atoms. The minimum absolute atomic E-state index is 0.347. The van der Waals surface area contributed by atoms with E-state index in [-0.39, 0.29) is 0 Å². The molecule has 68 valence electrons. The third-order valence-corrected chi connectivity index (χ3v) is 1.53. The lowest BCUT2D eigenvalue weighted by Gasteiger charge is -2.13. The zero-order valence-corrected chi connectivity index (χ0v) is 8.09. The fourth-order valence-electron chi connectivity index (χ4n) is 0.759. The molecule has 1 atom stereocenters. The first-order valence-corrected chi connectivity index (χ1v) is 4.27. The Morgan fingerprint density at radius 1 is 1.18 bits per heavy atom. The maximum atomic E-state index is 5.45. The second kappa shape index (κ2) is 6.62. The summed E-state index contributed by atoms with van der Waals surface area (Å²) in [6.07, 6.45) is 1.43. The van der Waals surface area contributed by atoms with Gasteiger partial charge < -0.3 is 9.47 Å². The smallest absolute Gasteiger partial charge is 0.0519 e. The Balaban J connectivity index is 3.15. The molecule has 0 radical (unpaired) electrons. The van der Waals surface area contributed by atoms with E-state index < -0.39 is 0 Å². The van der Waals surface area contributed by atoms with Crippen LogP contribution in [-0.2, 0) is 9.47 Å². The maximum absolute atomic E-state index is 5.45. The molecule has 0 rings (SSSR count). The first kappa shape index (κ1) is 10.9. The molecule has 0 amide bonds. The average Bonchev–Trinajstić information content (AvgIpc) is 1.97. The summed E-state index contributed by atoms with van der Waals surface area (Å²) in [6.45, 7) is 7.98. The van der Waals surface area contributed by atoms with E-state index in [4.69, 9.17) is 9.47 Å². The molecule has 2 heteroatoms. The van der Waals surface area contributed by atoms with Gasteiger partial charge in [-0.05, 0) is 26.2 Å². The van der Waals surface area contributed by atoms with Crippen molar-refractivity contribution in [2.24, 2.45) is 5.92 Å². The molecule has 0 saturated carbocycles. The largest absolute Gasteiger partial charge is 0.385 e. The van der Waals surface area contributed by atoms with Gasteiger partial charge in [-0.15, -0.1) is 0 Å². The van der Waals surface area contributed by atoms with Gasteiger partial charge in [-0.25, -0.2) is 0 Å². The van der Waals surface area contributed by atoms with Crippen molar-refractivity contribution >= 4 is 0 Å². The van der Waals surface area contributed by atoms with E-state index in [1.165, 1.54) is 0 Å². The molecule has 0 aliphatic rings. The van der Waals surface area contributed by atoms with E-state index in [1.54, 1.807) is 7.11 Å². The van der Waals surface area contributed by atoms with E-state index in [1.807, 2.05) is 0 Å². The van der Waals surface area contributed by atoms with Crippen LogP contribution in [0.4, 0.5) is 0 Å². The molecule has 0 aromatic heterocycles. The highest BCUT2D eigenvalue weighted by Crippen LogP contribution is 2.03. The average molecular weight is 160 g/mol. The summed E-state index contributed by atoms with van der Waals surface area (Å²) < 4.78 is 10.4. The molecular weight excluding hydrogens is 140 g/mol. The van der Waals surface area contributed by atoms with Crippen LogP contribution in [0.1, 0.15) is 27.2 Å². The molecule has 1 unspecified atom stereocenters. The molecule has 0 fully saturated rings. The predicted molar refractivity (Wildman–Crippen MR) is 46.7 cm³/mol. The van der Waals surface area contributed by atoms with Crippen LogP contribution in [0.25, 0.3) is 0 Å². The van der Waals surface area contributed by atoms with Gasteiger partial charge in [0.15, 0.2) is 0 Å². The SMILES string of the molecule is COCCC(C)COC(C)C. The predicted octanol–water partition coefficient (Wildman–Crippen LogP) is 2.08. The van der Waals surface area contributed by atoms with Crippen LogP contribution in [0.2, 0.25) is 0 Å². The van der Waals surface area contributed by atoms with E-state index in [9.17, 15) is 0 Å². The highest BCUT2D eigenvalue weighted by Gasteiger charge is 2.02. The van der Waals surface area contributed by atoms with Gasteiger partial charge in [0.05, 0.1) is 6.10 Å². The van der Waals surface area contributed by atoms with E-state index in [0.717, 1.165) is 19.6 Å². The first-order valence-electron chi connectivity index (χ1n) is 4.27. The zero-order chi connectivity index (χ0) is 8.69. The topological polar surface area (TPSA) is 18.5 Å². The summed E-state index contributed by atoms with van der Waals surface area (Å²) in [5.41, 5.74) is 0. The number of ether oxygens (including phenoxy) is 2. The van der Waals surface area contributed by atoms with Gasteiger partial charge in [0.2, 0.25) is 0 Å². The van der Waals surface area contributed by atoms with Crippen molar-refractivity contribution in [3.63, 3.8) is 0 Å². The first-order chi connectivity index (χ1) is 5.16. The van der Waals surface area contributed by atoms with Gasteiger partial charge in [-0.2, -0.15) is 0 Å². The molecule has 0 saturated heterocycles. The Hall–Kier alpha value is -0.0800. The minimum Gasteiger partial charge on any atom is -0.385 e. The molecule has 0 heterocycles. The van der Waals surface area contributed by atoms with Crippen LogP contribution in [-0.4, -0.2) is 26.4 Å². The summed E-state index contributed by atoms with van der Waals surface area (Å²) >= 11 is 0. The van der Waals surface area contributed by atoms with Crippen LogP contribution in [0.15, 0.2) is 0 Å². The normalized spacial score (nSPS) is 13.9. The molecule has 0 aromatic rings. The van der Waals surface area contributed by atoms with Gasteiger partial charge in [-0.1, -0.05) is 6.92 Å². The molecule has 0 aromatic carbocycles. The molecule has 0 bridgehead atoms. The van der Waals surface area contributed by atoms with Crippen molar-refractivity contribution in [2.45, 2.75) is 33.3 Å². The Morgan fingerprint density at radius 3 is 2.27 bits per heavy atom. The summed E-state index contributed by atoms with van der Waals surface area (Å²) in [5, 5.41) is 0. The zero-order valence-electron chi connectivity index (χ0n) is 8.09. The van der Waals surface area contributed by atoms with Crippen molar-refractivity contribution < 1.29 is 9.47 Å². The van der Waals surface area contributed by atoms with Crippen LogP contribution >= 0.6 is 0 Å². The lowest BCUT2D eigenvalue weighted by Crippen LogP contribution is -2.12. The second-order valence-electron chi connectivity index (χ2n) is 3.27. The third kappa shape index (κ3) is 7.82. The Morgan fingerprint density at radius 2 is 1.82 bits per heavy atom. The highest BCUT2D eigenvalue weighted by atomic mass is 16.5. The third-order valence-electron chi connectivity index (χ3n) is 1.53. The summed E-state index contributed by atoms with van der Waals surface area (Å²) in [5.74, 6) is 0.609. The molecular formula is C9H20O2. The Labute approximate surface area is 69.9 Å². The monoisotopic (exact) mass is 160 g/mol. The maximum Gasteiger partial charge on any atom is 0.0519 e.